The lowest BCUT2D eigenvalue weighted by molar-refractivity contribution is 0.000560. The molecule has 0 aliphatic carbocycles. The quantitative estimate of drug-likeness (QED) is 0.519. The SMILES string of the molecule is CC1CN(Cc2ccc(NSc3ccc(N4CCCCC4)nc3)cc2)CCN1C(=O)OC(C)(C)C. The molecule has 1 aromatic heterocycles. The van der Waals surface area contributed by atoms with Crippen LogP contribution in [0.1, 0.15) is 52.5 Å². The van der Waals surface area contributed by atoms with Gasteiger partial charge in [-0.3, -0.25) is 4.90 Å². The number of amides is 1. The van der Waals surface area contributed by atoms with Crippen LogP contribution in [0.2, 0.25) is 0 Å². The van der Waals surface area contributed by atoms with E-state index in [9.17, 15) is 4.79 Å². The van der Waals surface area contributed by atoms with E-state index < -0.39 is 5.60 Å². The molecule has 1 aromatic carbocycles. The van der Waals surface area contributed by atoms with E-state index in [-0.39, 0.29) is 12.1 Å². The number of nitrogens with zero attached hydrogens (tertiary/aromatic N) is 4. The maximum atomic E-state index is 12.5. The van der Waals surface area contributed by atoms with Crippen molar-refractivity contribution >= 4 is 29.5 Å². The number of hydrogen-bond donors (Lipinski definition) is 1. The summed E-state index contributed by atoms with van der Waals surface area (Å²) in [6, 6.07) is 13.0. The van der Waals surface area contributed by atoms with E-state index in [2.05, 4.69) is 62.8 Å². The Kier molecular flexibility index (Phi) is 8.44. The largest absolute Gasteiger partial charge is 0.444 e. The highest BCUT2D eigenvalue weighted by molar-refractivity contribution is 8.00. The average molecular weight is 498 g/mol. The fraction of sp³-hybridized carbons (Fsp3) is 0.556. The van der Waals surface area contributed by atoms with Crippen LogP contribution >= 0.6 is 11.9 Å². The van der Waals surface area contributed by atoms with Crippen LogP contribution in [-0.4, -0.2) is 65.2 Å². The Morgan fingerprint density at radius 1 is 1.06 bits per heavy atom. The molecule has 2 aromatic rings. The maximum absolute atomic E-state index is 12.5. The minimum absolute atomic E-state index is 0.130. The highest BCUT2D eigenvalue weighted by Gasteiger charge is 2.30. The zero-order chi connectivity index (χ0) is 24.8. The molecule has 8 heteroatoms. The smallest absolute Gasteiger partial charge is 0.410 e. The first-order valence-electron chi connectivity index (χ1n) is 12.7. The summed E-state index contributed by atoms with van der Waals surface area (Å²) in [6.45, 7) is 13.3. The number of pyridine rings is 1. The molecule has 3 heterocycles. The molecule has 0 bridgehead atoms. The van der Waals surface area contributed by atoms with Gasteiger partial charge in [-0.2, -0.15) is 0 Å². The van der Waals surface area contributed by atoms with Crippen LogP contribution in [0.3, 0.4) is 0 Å². The van der Waals surface area contributed by atoms with Gasteiger partial charge in [-0.25, -0.2) is 9.78 Å². The van der Waals surface area contributed by atoms with Crippen molar-refractivity contribution in [3.63, 3.8) is 0 Å². The fourth-order valence-electron chi connectivity index (χ4n) is 4.57. The van der Waals surface area contributed by atoms with Gasteiger partial charge in [-0.1, -0.05) is 12.1 Å². The molecule has 0 spiro atoms. The average Bonchev–Trinajstić information content (AvgIpc) is 2.83. The summed E-state index contributed by atoms with van der Waals surface area (Å²) in [4.78, 5) is 24.8. The highest BCUT2D eigenvalue weighted by atomic mass is 32.2. The lowest BCUT2D eigenvalue weighted by Crippen LogP contribution is -2.54. The highest BCUT2D eigenvalue weighted by Crippen LogP contribution is 2.24. The van der Waals surface area contributed by atoms with Crippen molar-refractivity contribution in [3.8, 4) is 0 Å². The molecule has 0 radical (unpaired) electrons. The molecule has 4 rings (SSSR count). The summed E-state index contributed by atoms with van der Waals surface area (Å²) >= 11 is 1.59. The van der Waals surface area contributed by atoms with Gasteiger partial charge in [-0.05, 0) is 88.7 Å². The van der Waals surface area contributed by atoms with Crippen LogP contribution in [0, 0.1) is 0 Å². The van der Waals surface area contributed by atoms with E-state index in [1.54, 1.807) is 11.9 Å². The van der Waals surface area contributed by atoms with Crippen LogP contribution in [0.4, 0.5) is 16.3 Å². The van der Waals surface area contributed by atoms with Gasteiger partial charge in [0, 0.05) is 62.1 Å². The number of rotatable bonds is 6. The Bertz CT molecular complexity index is 955. The summed E-state index contributed by atoms with van der Waals surface area (Å²) < 4.78 is 8.98. The number of carbonyl (C=O) groups is 1. The third kappa shape index (κ3) is 7.51. The Hall–Kier alpha value is -2.45. The molecule has 1 amide bonds. The predicted octanol–water partition coefficient (Wildman–Crippen LogP) is 5.63. The molecule has 2 aliphatic rings. The Balaban J connectivity index is 1.22. The van der Waals surface area contributed by atoms with E-state index in [0.717, 1.165) is 49.1 Å². The lowest BCUT2D eigenvalue weighted by atomic mass is 10.1. The predicted molar refractivity (Wildman–Crippen MR) is 144 cm³/mol. The molecular weight excluding hydrogens is 458 g/mol. The summed E-state index contributed by atoms with van der Waals surface area (Å²) in [7, 11) is 0. The standard InChI is InChI=1S/C27H39N5O2S/c1-21-19-30(16-17-32(21)26(33)34-27(2,3)4)20-22-8-10-23(11-9-22)29-35-24-12-13-25(28-18-24)31-14-6-5-7-15-31/h8-13,18,21,29H,5-7,14-17,19-20H2,1-4H3. The number of carbonyl (C=O) groups excluding carboxylic acids is 1. The van der Waals surface area contributed by atoms with Crippen molar-refractivity contribution in [2.75, 3.05) is 42.3 Å². The van der Waals surface area contributed by atoms with Crippen molar-refractivity contribution in [2.24, 2.45) is 0 Å². The van der Waals surface area contributed by atoms with Crippen molar-refractivity contribution < 1.29 is 9.53 Å². The van der Waals surface area contributed by atoms with E-state index in [0.29, 0.717) is 6.54 Å². The van der Waals surface area contributed by atoms with Gasteiger partial charge < -0.3 is 19.3 Å². The molecule has 2 saturated heterocycles. The van der Waals surface area contributed by atoms with Crippen LogP contribution in [-0.2, 0) is 11.3 Å². The Morgan fingerprint density at radius 2 is 1.80 bits per heavy atom. The number of hydrogen-bond acceptors (Lipinski definition) is 7. The first-order chi connectivity index (χ1) is 16.8. The minimum atomic E-state index is -0.463. The Labute approximate surface area is 214 Å². The second-order valence-electron chi connectivity index (χ2n) is 10.6. The van der Waals surface area contributed by atoms with E-state index in [1.165, 1.54) is 24.8 Å². The van der Waals surface area contributed by atoms with E-state index in [1.807, 2.05) is 31.9 Å². The molecule has 1 N–H and O–H groups in total. The van der Waals surface area contributed by atoms with Crippen molar-refractivity contribution in [1.82, 2.24) is 14.8 Å². The van der Waals surface area contributed by atoms with Crippen LogP contribution in [0.25, 0.3) is 0 Å². The van der Waals surface area contributed by atoms with Gasteiger partial charge in [0.2, 0.25) is 0 Å². The molecule has 2 fully saturated rings. The molecule has 1 atom stereocenters. The topological polar surface area (TPSA) is 60.9 Å². The number of piperidine rings is 1. The number of benzene rings is 1. The first kappa shape index (κ1) is 25.6. The number of ether oxygens (including phenoxy) is 1. The monoisotopic (exact) mass is 497 g/mol. The summed E-state index contributed by atoms with van der Waals surface area (Å²) in [5.41, 5.74) is 1.88. The Morgan fingerprint density at radius 3 is 2.43 bits per heavy atom. The maximum Gasteiger partial charge on any atom is 0.410 e. The molecule has 7 nitrogen and oxygen atoms in total. The van der Waals surface area contributed by atoms with E-state index >= 15 is 0 Å². The lowest BCUT2D eigenvalue weighted by Gasteiger charge is -2.40. The number of piperazine rings is 1. The summed E-state index contributed by atoms with van der Waals surface area (Å²) in [5.74, 6) is 1.08. The summed E-state index contributed by atoms with van der Waals surface area (Å²) in [5, 5.41) is 0. The van der Waals surface area contributed by atoms with Crippen molar-refractivity contribution in [3.05, 3.63) is 48.2 Å². The van der Waals surface area contributed by atoms with Gasteiger partial charge >= 0.3 is 6.09 Å². The van der Waals surface area contributed by atoms with Crippen molar-refractivity contribution in [2.45, 2.75) is 70.0 Å². The van der Waals surface area contributed by atoms with Gasteiger partial charge in [0.1, 0.15) is 11.4 Å². The van der Waals surface area contributed by atoms with Gasteiger partial charge in [0.15, 0.2) is 0 Å². The first-order valence-corrected chi connectivity index (χ1v) is 13.5. The third-order valence-electron chi connectivity index (χ3n) is 6.39. The van der Waals surface area contributed by atoms with Crippen LogP contribution in [0.15, 0.2) is 47.5 Å². The van der Waals surface area contributed by atoms with Gasteiger partial charge in [0.25, 0.3) is 0 Å². The zero-order valence-corrected chi connectivity index (χ0v) is 22.3. The number of anilines is 2. The van der Waals surface area contributed by atoms with Gasteiger partial charge in [0.05, 0.1) is 0 Å². The fourth-order valence-corrected chi connectivity index (χ4v) is 5.18. The third-order valence-corrected chi connectivity index (χ3v) is 7.20. The normalized spacial score (nSPS) is 19.5. The molecule has 1 unspecified atom stereocenters. The van der Waals surface area contributed by atoms with Crippen molar-refractivity contribution in [1.29, 1.82) is 0 Å². The second-order valence-corrected chi connectivity index (χ2v) is 11.4. The summed E-state index contributed by atoms with van der Waals surface area (Å²) in [6.07, 6.45) is 5.59. The molecule has 2 aliphatic heterocycles. The van der Waals surface area contributed by atoms with E-state index in [4.69, 9.17) is 4.74 Å². The minimum Gasteiger partial charge on any atom is -0.444 e. The number of aromatic nitrogens is 1. The number of nitrogens with one attached hydrogen (secondary N) is 1. The molecular formula is C27H39N5O2S. The molecule has 0 saturated carbocycles. The van der Waals surface area contributed by atoms with Gasteiger partial charge in [-0.15, -0.1) is 0 Å². The molecule has 190 valence electrons. The van der Waals surface area contributed by atoms with Crippen LogP contribution in [0.5, 0.6) is 0 Å². The van der Waals surface area contributed by atoms with Crippen LogP contribution < -0.4 is 9.62 Å². The zero-order valence-electron chi connectivity index (χ0n) is 21.5. The molecule has 35 heavy (non-hydrogen) atoms. The second kappa shape index (κ2) is 11.5.